The van der Waals surface area contributed by atoms with E-state index < -0.39 is 0 Å². The molecule has 1 unspecified atom stereocenters. The van der Waals surface area contributed by atoms with Crippen molar-refractivity contribution in [3.05, 3.63) is 35.3 Å². The van der Waals surface area contributed by atoms with Crippen LogP contribution in [0, 0.1) is 13.8 Å². The largest absolute Gasteiger partial charge is 0.316 e. The topological polar surface area (TPSA) is 55.6 Å². The number of hydrogen-bond acceptors (Lipinski definition) is 4. The fourth-order valence-electron chi connectivity index (χ4n) is 2.46. The molecule has 102 valence electrons. The Hall–Kier alpha value is -1.75. The third-order valence-corrected chi connectivity index (χ3v) is 3.32. The summed E-state index contributed by atoms with van der Waals surface area (Å²) in [6.45, 7) is 10.4. The van der Waals surface area contributed by atoms with E-state index in [1.807, 2.05) is 16.8 Å². The van der Waals surface area contributed by atoms with Gasteiger partial charge in [-0.1, -0.05) is 13.8 Å². The molecule has 5 heteroatoms. The molecule has 2 heterocycles. The minimum absolute atomic E-state index is 0.436. The van der Waals surface area contributed by atoms with Gasteiger partial charge in [-0.2, -0.15) is 10.2 Å². The summed E-state index contributed by atoms with van der Waals surface area (Å²) in [7, 11) is 0. The molecule has 2 aromatic rings. The monoisotopic (exact) mass is 259 g/mol. The van der Waals surface area contributed by atoms with Gasteiger partial charge in [-0.25, -0.2) is 4.68 Å². The highest BCUT2D eigenvalue weighted by molar-refractivity contribution is 5.34. The first-order chi connectivity index (χ1) is 9.15. The van der Waals surface area contributed by atoms with E-state index in [4.69, 9.17) is 0 Å². The first-order valence-electron chi connectivity index (χ1n) is 6.70. The van der Waals surface area contributed by atoms with Gasteiger partial charge in [-0.05, 0) is 38.4 Å². The van der Waals surface area contributed by atoms with E-state index in [1.54, 1.807) is 6.20 Å². The molecule has 2 aromatic heterocycles. The van der Waals surface area contributed by atoms with Gasteiger partial charge in [0.05, 0.1) is 5.69 Å². The van der Waals surface area contributed by atoms with Crippen molar-refractivity contribution < 1.29 is 0 Å². The zero-order valence-corrected chi connectivity index (χ0v) is 12.0. The van der Waals surface area contributed by atoms with Crippen LogP contribution >= 0.6 is 0 Å². The van der Waals surface area contributed by atoms with E-state index in [0.29, 0.717) is 5.92 Å². The third-order valence-electron chi connectivity index (χ3n) is 3.32. The number of likely N-dealkylation sites (N-methyl/N-ethyl adjacent to an activating group) is 1. The molecular weight excluding hydrogens is 238 g/mol. The Morgan fingerprint density at radius 3 is 2.79 bits per heavy atom. The fraction of sp³-hybridized carbons (Fsp3) is 0.500. The highest BCUT2D eigenvalue weighted by Gasteiger charge is 2.18. The van der Waals surface area contributed by atoms with Gasteiger partial charge < -0.3 is 5.32 Å². The summed E-state index contributed by atoms with van der Waals surface area (Å²) in [5.41, 5.74) is 3.50. The smallest absolute Gasteiger partial charge is 0.175 e. The van der Waals surface area contributed by atoms with E-state index in [-0.39, 0.29) is 0 Å². The maximum atomic E-state index is 4.60. The van der Waals surface area contributed by atoms with Gasteiger partial charge in [-0.3, -0.25) is 0 Å². The average molecular weight is 259 g/mol. The van der Waals surface area contributed by atoms with E-state index in [0.717, 1.165) is 30.3 Å². The Morgan fingerprint density at radius 1 is 1.37 bits per heavy atom. The zero-order valence-electron chi connectivity index (χ0n) is 12.0. The van der Waals surface area contributed by atoms with Crippen LogP contribution < -0.4 is 5.32 Å². The first kappa shape index (κ1) is 13.7. The number of hydrogen-bond donors (Lipinski definition) is 1. The van der Waals surface area contributed by atoms with Gasteiger partial charge >= 0.3 is 0 Å². The molecule has 0 aliphatic carbocycles. The summed E-state index contributed by atoms with van der Waals surface area (Å²) in [6, 6.07) is 3.80. The highest BCUT2D eigenvalue weighted by Crippen LogP contribution is 2.24. The summed E-state index contributed by atoms with van der Waals surface area (Å²) in [6.07, 6.45) is 1.67. The van der Waals surface area contributed by atoms with Gasteiger partial charge in [0.15, 0.2) is 5.82 Å². The Bertz CT molecular complexity index is 532. The quantitative estimate of drug-likeness (QED) is 0.892. The Morgan fingerprint density at radius 2 is 2.16 bits per heavy atom. The van der Waals surface area contributed by atoms with Crippen molar-refractivity contribution in [2.24, 2.45) is 0 Å². The van der Waals surface area contributed by atoms with Crippen molar-refractivity contribution in [1.29, 1.82) is 0 Å². The number of aryl methyl sites for hydroxylation is 1. The summed E-state index contributed by atoms with van der Waals surface area (Å²) >= 11 is 0. The van der Waals surface area contributed by atoms with Crippen LogP contribution in [-0.4, -0.2) is 33.1 Å². The van der Waals surface area contributed by atoms with Crippen LogP contribution in [-0.2, 0) is 0 Å². The van der Waals surface area contributed by atoms with Crippen LogP contribution in [0.3, 0.4) is 0 Å². The fourth-order valence-corrected chi connectivity index (χ4v) is 2.46. The van der Waals surface area contributed by atoms with Crippen LogP contribution in [0.1, 0.15) is 36.7 Å². The minimum Gasteiger partial charge on any atom is -0.316 e. The number of rotatable bonds is 5. The molecule has 0 amide bonds. The second-order valence-corrected chi connectivity index (χ2v) is 4.79. The van der Waals surface area contributed by atoms with Gasteiger partial charge in [0.1, 0.15) is 0 Å². The van der Waals surface area contributed by atoms with Gasteiger partial charge in [0.25, 0.3) is 0 Å². The van der Waals surface area contributed by atoms with Crippen molar-refractivity contribution in [1.82, 2.24) is 25.3 Å². The van der Waals surface area contributed by atoms with E-state index in [2.05, 4.69) is 48.3 Å². The molecule has 2 rings (SSSR count). The van der Waals surface area contributed by atoms with Crippen molar-refractivity contribution in [2.75, 3.05) is 13.1 Å². The second-order valence-electron chi connectivity index (χ2n) is 4.79. The molecular formula is C14H21N5. The lowest BCUT2D eigenvalue weighted by Crippen LogP contribution is -2.20. The molecule has 0 radical (unpaired) electrons. The van der Waals surface area contributed by atoms with E-state index in [9.17, 15) is 0 Å². The lowest BCUT2D eigenvalue weighted by Gasteiger charge is -2.12. The molecule has 0 aliphatic heterocycles. The Labute approximate surface area is 114 Å². The minimum atomic E-state index is 0.436. The molecule has 5 nitrogen and oxygen atoms in total. The summed E-state index contributed by atoms with van der Waals surface area (Å²) in [5.74, 6) is 1.20. The molecule has 0 bridgehead atoms. The summed E-state index contributed by atoms with van der Waals surface area (Å²) in [5, 5.41) is 16.0. The van der Waals surface area contributed by atoms with E-state index in [1.165, 1.54) is 5.56 Å². The Balaban J connectivity index is 2.35. The first-order valence-corrected chi connectivity index (χ1v) is 6.70. The molecule has 0 aliphatic rings. The molecule has 1 N–H and O–H groups in total. The highest BCUT2D eigenvalue weighted by atomic mass is 15.3. The lowest BCUT2D eigenvalue weighted by atomic mass is 9.99. The number of nitrogens with one attached hydrogen (secondary N) is 1. The predicted octanol–water partition coefficient (Wildman–Crippen LogP) is 1.99. The third kappa shape index (κ3) is 2.81. The number of aromatic nitrogens is 4. The second kappa shape index (κ2) is 5.93. The van der Waals surface area contributed by atoms with Crippen molar-refractivity contribution in [2.45, 2.75) is 33.6 Å². The summed E-state index contributed by atoms with van der Waals surface area (Å²) < 4.78 is 1.88. The SMILES string of the molecule is CCNCC(C)c1c(C)nn(-c2cccnn2)c1C. The van der Waals surface area contributed by atoms with Crippen LogP contribution in [0.25, 0.3) is 5.82 Å². The maximum absolute atomic E-state index is 4.60. The molecule has 1 atom stereocenters. The average Bonchev–Trinajstić information content (AvgIpc) is 2.72. The molecule has 0 saturated heterocycles. The van der Waals surface area contributed by atoms with Gasteiger partial charge in [0, 0.05) is 24.0 Å². The summed E-state index contributed by atoms with van der Waals surface area (Å²) in [4.78, 5) is 0. The molecule has 0 aromatic carbocycles. The Kier molecular flexibility index (Phi) is 4.27. The van der Waals surface area contributed by atoms with Crippen molar-refractivity contribution >= 4 is 0 Å². The number of nitrogens with zero attached hydrogens (tertiary/aromatic N) is 4. The predicted molar refractivity (Wildman–Crippen MR) is 75.6 cm³/mol. The molecule has 0 saturated carbocycles. The van der Waals surface area contributed by atoms with E-state index >= 15 is 0 Å². The van der Waals surface area contributed by atoms with Gasteiger partial charge in [0.2, 0.25) is 0 Å². The molecule has 19 heavy (non-hydrogen) atoms. The molecule has 0 fully saturated rings. The lowest BCUT2D eigenvalue weighted by molar-refractivity contribution is 0.630. The van der Waals surface area contributed by atoms with Crippen molar-refractivity contribution in [3.63, 3.8) is 0 Å². The van der Waals surface area contributed by atoms with Gasteiger partial charge in [-0.15, -0.1) is 5.10 Å². The normalized spacial score (nSPS) is 12.6. The maximum Gasteiger partial charge on any atom is 0.175 e. The standard InChI is InChI=1S/C14H21N5/c1-5-15-9-10(2)14-11(3)18-19(12(14)4)13-7-6-8-16-17-13/h6-8,10,15H,5,9H2,1-4H3. The van der Waals surface area contributed by atoms with Crippen LogP contribution in [0.15, 0.2) is 18.3 Å². The van der Waals surface area contributed by atoms with Crippen LogP contribution in [0.5, 0.6) is 0 Å². The van der Waals surface area contributed by atoms with Crippen LogP contribution in [0.4, 0.5) is 0 Å². The zero-order chi connectivity index (χ0) is 13.8. The van der Waals surface area contributed by atoms with Crippen LogP contribution in [0.2, 0.25) is 0 Å². The van der Waals surface area contributed by atoms with Crippen molar-refractivity contribution in [3.8, 4) is 5.82 Å². The molecule has 0 spiro atoms.